The Labute approximate surface area is 73.7 Å². The van der Waals surface area contributed by atoms with E-state index in [2.05, 4.69) is 15.9 Å². The van der Waals surface area contributed by atoms with Gasteiger partial charge in [0.1, 0.15) is 5.60 Å². The number of ketones is 1. The minimum Gasteiger partial charge on any atom is -0.382 e. The number of allylic oxidation sites excluding steroid dienone is 2. The Morgan fingerprint density at radius 1 is 1.55 bits per heavy atom. The molecule has 0 fully saturated rings. The Kier molecular flexibility index (Phi) is 2.03. The zero-order valence-corrected chi connectivity index (χ0v) is 7.97. The minimum absolute atomic E-state index is 0.0588. The molecule has 1 atom stereocenters. The largest absolute Gasteiger partial charge is 0.382 e. The van der Waals surface area contributed by atoms with Gasteiger partial charge in [-0.2, -0.15) is 0 Å². The summed E-state index contributed by atoms with van der Waals surface area (Å²) in [5.74, 6) is -0.0588. The summed E-state index contributed by atoms with van der Waals surface area (Å²) in [4.78, 5) is 11.1. The Bertz CT molecular complexity index is 237. The summed E-state index contributed by atoms with van der Waals surface area (Å²) in [6.45, 7) is 3.31. The fraction of sp³-hybridized carbons (Fsp3) is 0.375. The van der Waals surface area contributed by atoms with Crippen LogP contribution in [0.3, 0.4) is 0 Å². The van der Waals surface area contributed by atoms with Crippen molar-refractivity contribution in [2.75, 3.05) is 0 Å². The molecule has 0 radical (unpaired) electrons. The van der Waals surface area contributed by atoms with Gasteiger partial charge < -0.3 is 5.11 Å². The van der Waals surface area contributed by atoms with Crippen LogP contribution in [-0.2, 0) is 4.79 Å². The molecule has 11 heavy (non-hydrogen) atoms. The average molecular weight is 217 g/mol. The van der Waals surface area contributed by atoms with Crippen LogP contribution in [0.4, 0.5) is 0 Å². The van der Waals surface area contributed by atoms with E-state index in [1.807, 2.05) is 0 Å². The van der Waals surface area contributed by atoms with Crippen LogP contribution in [0, 0.1) is 0 Å². The molecule has 0 saturated heterocycles. The van der Waals surface area contributed by atoms with Gasteiger partial charge in [-0.3, -0.25) is 4.79 Å². The van der Waals surface area contributed by atoms with Gasteiger partial charge in [-0.25, -0.2) is 0 Å². The highest BCUT2D eigenvalue weighted by Crippen LogP contribution is 2.25. The van der Waals surface area contributed by atoms with E-state index >= 15 is 0 Å². The van der Waals surface area contributed by atoms with E-state index in [4.69, 9.17) is 0 Å². The smallest absolute Gasteiger partial charge is 0.195 e. The number of Topliss-reactive ketones (excluding diaryl/α,β-unsaturated/α-hetero) is 1. The molecule has 0 aromatic carbocycles. The van der Waals surface area contributed by atoms with Crippen molar-refractivity contribution < 1.29 is 9.90 Å². The number of hydrogen-bond donors (Lipinski definition) is 1. The van der Waals surface area contributed by atoms with E-state index in [1.165, 1.54) is 6.08 Å². The molecule has 0 aliphatic heterocycles. The molecule has 0 bridgehead atoms. The summed E-state index contributed by atoms with van der Waals surface area (Å²) in [6, 6.07) is 0. The topological polar surface area (TPSA) is 37.3 Å². The number of rotatable bonds is 0. The maximum Gasteiger partial charge on any atom is 0.195 e. The lowest BCUT2D eigenvalue weighted by Crippen LogP contribution is -2.24. The molecular formula is C8H9BrO2. The van der Waals surface area contributed by atoms with Gasteiger partial charge in [-0.05, 0) is 47.5 Å². The van der Waals surface area contributed by atoms with E-state index in [9.17, 15) is 9.90 Å². The van der Waals surface area contributed by atoms with Crippen molar-refractivity contribution >= 4 is 21.7 Å². The third kappa shape index (κ3) is 1.79. The molecule has 1 aliphatic carbocycles. The zero-order chi connectivity index (χ0) is 8.65. The molecule has 0 aromatic rings. The van der Waals surface area contributed by atoms with Gasteiger partial charge in [-0.15, -0.1) is 0 Å². The van der Waals surface area contributed by atoms with Gasteiger partial charge >= 0.3 is 0 Å². The van der Waals surface area contributed by atoms with Crippen molar-refractivity contribution in [1.29, 1.82) is 0 Å². The van der Waals surface area contributed by atoms with E-state index in [-0.39, 0.29) is 5.78 Å². The van der Waals surface area contributed by atoms with E-state index in [1.54, 1.807) is 19.9 Å². The molecule has 0 amide bonds. The van der Waals surface area contributed by atoms with Crippen molar-refractivity contribution in [2.24, 2.45) is 0 Å². The maximum atomic E-state index is 11.1. The normalized spacial score (nSPS) is 31.5. The van der Waals surface area contributed by atoms with E-state index < -0.39 is 5.60 Å². The molecule has 3 heteroatoms. The predicted octanol–water partition coefficient (Wildman–Crippen LogP) is 1.55. The average Bonchev–Trinajstić information content (AvgIpc) is 1.81. The van der Waals surface area contributed by atoms with Gasteiger partial charge in [-0.1, -0.05) is 0 Å². The van der Waals surface area contributed by atoms with Gasteiger partial charge in [0, 0.05) is 0 Å². The second-order valence-corrected chi connectivity index (χ2v) is 3.73. The summed E-state index contributed by atoms with van der Waals surface area (Å²) in [7, 11) is 0. The van der Waals surface area contributed by atoms with Gasteiger partial charge in [0.05, 0.1) is 4.48 Å². The van der Waals surface area contributed by atoms with Crippen molar-refractivity contribution in [3.05, 3.63) is 22.2 Å². The molecule has 0 heterocycles. The first-order chi connectivity index (χ1) is 4.92. The first-order valence-corrected chi connectivity index (χ1v) is 4.06. The first kappa shape index (κ1) is 8.68. The molecular weight excluding hydrogens is 208 g/mol. The van der Waals surface area contributed by atoms with Crippen molar-refractivity contribution in [3.63, 3.8) is 0 Å². The van der Waals surface area contributed by atoms with Crippen LogP contribution >= 0.6 is 15.9 Å². The molecule has 0 aromatic heterocycles. The van der Waals surface area contributed by atoms with Crippen LogP contribution in [-0.4, -0.2) is 16.5 Å². The number of halogens is 1. The first-order valence-electron chi connectivity index (χ1n) is 3.27. The fourth-order valence-corrected chi connectivity index (χ4v) is 1.83. The summed E-state index contributed by atoms with van der Waals surface area (Å²) in [5.41, 5.74) is -0.416. The SMILES string of the molecule is CC1=C[C@](C)(O)C=C(Br)C1=O. The Morgan fingerprint density at radius 2 is 2.09 bits per heavy atom. The monoisotopic (exact) mass is 216 g/mol. The highest BCUT2D eigenvalue weighted by Gasteiger charge is 2.24. The number of carbonyl (C=O) groups is 1. The lowest BCUT2D eigenvalue weighted by molar-refractivity contribution is -0.111. The molecule has 1 N–H and O–H groups in total. The Hall–Kier alpha value is -0.410. The van der Waals surface area contributed by atoms with Crippen molar-refractivity contribution in [1.82, 2.24) is 0 Å². The highest BCUT2D eigenvalue weighted by molar-refractivity contribution is 9.12. The van der Waals surface area contributed by atoms with E-state index in [0.29, 0.717) is 10.1 Å². The lowest BCUT2D eigenvalue weighted by atomic mass is 9.95. The Balaban J connectivity index is 3.08. The summed E-state index contributed by atoms with van der Waals surface area (Å²) in [6.07, 6.45) is 3.03. The quantitative estimate of drug-likeness (QED) is 0.668. The second kappa shape index (κ2) is 2.57. The lowest BCUT2D eigenvalue weighted by Gasteiger charge is -2.20. The molecule has 0 spiro atoms. The predicted molar refractivity (Wildman–Crippen MR) is 46.4 cm³/mol. The van der Waals surface area contributed by atoms with Gasteiger partial charge in [0.2, 0.25) is 0 Å². The summed E-state index contributed by atoms with van der Waals surface area (Å²) in [5, 5.41) is 9.50. The maximum absolute atomic E-state index is 11.1. The number of hydrogen-bond acceptors (Lipinski definition) is 2. The van der Waals surface area contributed by atoms with Crippen LogP contribution in [0.25, 0.3) is 0 Å². The van der Waals surface area contributed by atoms with E-state index in [0.717, 1.165) is 0 Å². The zero-order valence-electron chi connectivity index (χ0n) is 6.39. The number of aliphatic hydroxyl groups is 1. The van der Waals surface area contributed by atoms with Crippen LogP contribution in [0.2, 0.25) is 0 Å². The Morgan fingerprint density at radius 3 is 2.55 bits per heavy atom. The minimum atomic E-state index is -0.989. The van der Waals surface area contributed by atoms with Gasteiger partial charge in [0.25, 0.3) is 0 Å². The third-order valence-electron chi connectivity index (χ3n) is 1.50. The molecule has 0 saturated carbocycles. The molecule has 1 rings (SSSR count). The standard InChI is InChI=1S/C8H9BrO2/c1-5-3-8(2,11)4-6(9)7(5)10/h3-4,11H,1-2H3/t8-/m0/s1. The van der Waals surface area contributed by atoms with Crippen molar-refractivity contribution in [2.45, 2.75) is 19.4 Å². The van der Waals surface area contributed by atoms with Crippen LogP contribution in [0.1, 0.15) is 13.8 Å². The fourth-order valence-electron chi connectivity index (χ4n) is 1.06. The molecule has 0 unspecified atom stereocenters. The van der Waals surface area contributed by atoms with Crippen LogP contribution < -0.4 is 0 Å². The molecule has 60 valence electrons. The highest BCUT2D eigenvalue weighted by atomic mass is 79.9. The van der Waals surface area contributed by atoms with Crippen molar-refractivity contribution in [3.8, 4) is 0 Å². The number of carbonyl (C=O) groups excluding carboxylic acids is 1. The molecule has 2 nitrogen and oxygen atoms in total. The molecule has 1 aliphatic rings. The summed E-state index contributed by atoms with van der Waals surface area (Å²) < 4.78 is 0.433. The van der Waals surface area contributed by atoms with Gasteiger partial charge in [0.15, 0.2) is 5.78 Å². The summed E-state index contributed by atoms with van der Waals surface area (Å²) >= 11 is 3.08. The second-order valence-electron chi connectivity index (χ2n) is 2.87. The van der Waals surface area contributed by atoms with Crippen LogP contribution in [0.15, 0.2) is 22.2 Å². The van der Waals surface area contributed by atoms with Crippen LogP contribution in [0.5, 0.6) is 0 Å². The third-order valence-corrected chi connectivity index (χ3v) is 2.09.